The number of aliphatic imine (C=N–C) groups is 1. The van der Waals surface area contributed by atoms with Gasteiger partial charge < -0.3 is 5.32 Å². The van der Waals surface area contributed by atoms with Crippen LogP contribution in [0.5, 0.6) is 0 Å². The highest BCUT2D eigenvalue weighted by molar-refractivity contribution is 8.13. The van der Waals surface area contributed by atoms with Crippen LogP contribution in [0.15, 0.2) is 47.1 Å². The molecular formula is C16H19ClN2S. The third kappa shape index (κ3) is 4.43. The van der Waals surface area contributed by atoms with Crippen LogP contribution in [0.2, 0.25) is 5.02 Å². The summed E-state index contributed by atoms with van der Waals surface area (Å²) in [4.78, 5) is 4.66. The maximum Gasteiger partial charge on any atom is 0.161 e. The van der Waals surface area contributed by atoms with Crippen molar-refractivity contribution >= 4 is 34.6 Å². The predicted molar refractivity (Wildman–Crippen MR) is 91.4 cm³/mol. The third-order valence-corrected chi connectivity index (χ3v) is 3.76. The van der Waals surface area contributed by atoms with Crippen molar-refractivity contribution in [1.82, 2.24) is 5.32 Å². The molecule has 0 spiro atoms. The number of nitrogens with one attached hydrogen (secondary N) is 1. The second kappa shape index (κ2) is 6.51. The van der Waals surface area contributed by atoms with Crippen molar-refractivity contribution in [2.24, 2.45) is 4.99 Å². The van der Waals surface area contributed by atoms with Gasteiger partial charge in [-0.1, -0.05) is 48.5 Å². The van der Waals surface area contributed by atoms with Gasteiger partial charge in [0.1, 0.15) is 0 Å². The van der Waals surface area contributed by atoms with Crippen molar-refractivity contribution in [2.45, 2.75) is 26.3 Å². The lowest BCUT2D eigenvalue weighted by atomic mass is 10.0. The van der Waals surface area contributed by atoms with Crippen LogP contribution in [0.25, 0.3) is 6.08 Å². The van der Waals surface area contributed by atoms with Crippen LogP contribution in [0.3, 0.4) is 0 Å². The summed E-state index contributed by atoms with van der Waals surface area (Å²) in [5.41, 5.74) is 2.04. The zero-order chi connectivity index (χ0) is 14.6. The van der Waals surface area contributed by atoms with E-state index in [0.717, 1.165) is 27.2 Å². The molecule has 0 aromatic heterocycles. The standard InChI is InChI=1S/C16H19ClN2S/c1-4-20-15-18-14(11-16(2,3)19-15)10-7-12-5-8-13(17)9-6-12/h5-11H,4H2,1-3H3,(H,18,19). The lowest BCUT2D eigenvalue weighted by Crippen LogP contribution is -2.31. The van der Waals surface area contributed by atoms with E-state index in [2.05, 4.69) is 49.3 Å². The average Bonchev–Trinajstić information content (AvgIpc) is 2.37. The van der Waals surface area contributed by atoms with Crippen LogP contribution < -0.4 is 5.32 Å². The minimum atomic E-state index is -0.164. The van der Waals surface area contributed by atoms with Gasteiger partial charge in [0.15, 0.2) is 5.17 Å². The summed E-state index contributed by atoms with van der Waals surface area (Å²) in [5.74, 6) is 1.01. The summed E-state index contributed by atoms with van der Waals surface area (Å²) in [7, 11) is 0. The van der Waals surface area contributed by atoms with Crippen LogP contribution in [-0.2, 0) is 0 Å². The maximum atomic E-state index is 5.89. The Balaban J connectivity index is 2.13. The first-order chi connectivity index (χ1) is 9.48. The zero-order valence-electron chi connectivity index (χ0n) is 12.0. The molecule has 0 amide bonds. The molecular weight excluding hydrogens is 288 g/mol. The van der Waals surface area contributed by atoms with Gasteiger partial charge in [0.25, 0.3) is 0 Å². The highest BCUT2D eigenvalue weighted by Gasteiger charge is 2.20. The Labute approximate surface area is 130 Å². The second-order valence-corrected chi connectivity index (χ2v) is 6.80. The molecule has 2 rings (SSSR count). The molecule has 106 valence electrons. The minimum Gasteiger partial charge on any atom is -0.335 e. The fourth-order valence-electron chi connectivity index (χ4n) is 1.92. The van der Waals surface area contributed by atoms with E-state index in [4.69, 9.17) is 11.6 Å². The summed E-state index contributed by atoms with van der Waals surface area (Å²) in [5, 5.41) is 5.09. The fourth-order valence-corrected chi connectivity index (χ4v) is 2.81. The van der Waals surface area contributed by atoms with Gasteiger partial charge in [-0.15, -0.1) is 0 Å². The number of rotatable bonds is 3. The van der Waals surface area contributed by atoms with Crippen LogP contribution in [-0.4, -0.2) is 16.5 Å². The number of hydrogen-bond donors (Lipinski definition) is 1. The van der Waals surface area contributed by atoms with E-state index < -0.39 is 0 Å². The molecule has 1 aliphatic rings. The number of halogens is 1. The molecule has 0 saturated heterocycles. The van der Waals surface area contributed by atoms with E-state index in [1.165, 1.54) is 0 Å². The lowest BCUT2D eigenvalue weighted by molar-refractivity contribution is 0.639. The highest BCUT2D eigenvalue weighted by atomic mass is 35.5. The summed E-state index contributed by atoms with van der Waals surface area (Å²) in [6, 6.07) is 7.80. The molecule has 0 aliphatic carbocycles. The normalized spacial score (nSPS) is 17.6. The summed E-state index contributed by atoms with van der Waals surface area (Å²) in [6.07, 6.45) is 6.29. The molecule has 4 heteroatoms. The van der Waals surface area contributed by atoms with E-state index in [0.29, 0.717) is 0 Å². The van der Waals surface area contributed by atoms with E-state index in [-0.39, 0.29) is 5.54 Å². The van der Waals surface area contributed by atoms with Crippen molar-refractivity contribution < 1.29 is 0 Å². The lowest BCUT2D eigenvalue weighted by Gasteiger charge is -2.25. The van der Waals surface area contributed by atoms with Gasteiger partial charge in [-0.2, -0.15) is 0 Å². The van der Waals surface area contributed by atoms with Gasteiger partial charge in [0.05, 0.1) is 5.54 Å². The van der Waals surface area contributed by atoms with E-state index in [9.17, 15) is 0 Å². The molecule has 0 unspecified atom stereocenters. The molecule has 1 aliphatic heterocycles. The molecule has 1 N–H and O–H groups in total. The largest absolute Gasteiger partial charge is 0.335 e. The number of benzene rings is 1. The van der Waals surface area contributed by atoms with Crippen LogP contribution in [0.4, 0.5) is 0 Å². The molecule has 1 aromatic rings. The first-order valence-corrected chi connectivity index (χ1v) is 8.01. The summed E-state index contributed by atoms with van der Waals surface area (Å²) in [6.45, 7) is 6.35. The van der Waals surface area contributed by atoms with Gasteiger partial charge >= 0.3 is 0 Å². The van der Waals surface area contributed by atoms with Crippen molar-refractivity contribution in [1.29, 1.82) is 0 Å². The predicted octanol–water partition coefficient (Wildman–Crippen LogP) is 4.73. The number of nitrogens with zero attached hydrogens (tertiary/aromatic N) is 1. The number of allylic oxidation sites excluding steroid dienone is 1. The number of hydrogen-bond acceptors (Lipinski definition) is 3. The van der Waals surface area contributed by atoms with E-state index in [1.807, 2.05) is 24.3 Å². The van der Waals surface area contributed by atoms with Gasteiger partial charge in [-0.25, -0.2) is 0 Å². The number of thioether (sulfide) groups is 1. The van der Waals surface area contributed by atoms with Gasteiger partial charge in [0.2, 0.25) is 0 Å². The molecule has 1 heterocycles. The minimum absolute atomic E-state index is 0.164. The second-order valence-electron chi connectivity index (χ2n) is 5.11. The molecule has 0 radical (unpaired) electrons. The quantitative estimate of drug-likeness (QED) is 0.873. The Morgan fingerprint density at radius 2 is 1.95 bits per heavy atom. The Kier molecular flexibility index (Phi) is 4.95. The Hall–Kier alpha value is -1.19. The molecule has 2 nitrogen and oxygen atoms in total. The molecule has 1 aromatic carbocycles. The van der Waals surface area contributed by atoms with Crippen molar-refractivity contribution in [3.05, 3.63) is 52.7 Å². The van der Waals surface area contributed by atoms with Gasteiger partial charge in [-0.3, -0.25) is 4.99 Å². The Morgan fingerprint density at radius 3 is 2.60 bits per heavy atom. The first-order valence-electron chi connectivity index (χ1n) is 6.65. The maximum absolute atomic E-state index is 5.89. The Morgan fingerprint density at radius 1 is 1.25 bits per heavy atom. The van der Waals surface area contributed by atoms with Crippen molar-refractivity contribution in [3.63, 3.8) is 0 Å². The van der Waals surface area contributed by atoms with E-state index >= 15 is 0 Å². The average molecular weight is 307 g/mol. The smallest absolute Gasteiger partial charge is 0.161 e. The van der Waals surface area contributed by atoms with Crippen LogP contribution >= 0.6 is 23.4 Å². The summed E-state index contributed by atoms with van der Waals surface area (Å²) >= 11 is 7.61. The molecule has 20 heavy (non-hydrogen) atoms. The fraction of sp³-hybridized carbons (Fsp3) is 0.312. The Bertz CT molecular complexity index is 556. The SMILES string of the molecule is CCSC1=NC(C)(C)C=C(C=Cc2ccc(Cl)cc2)N1. The topological polar surface area (TPSA) is 24.4 Å². The third-order valence-electron chi connectivity index (χ3n) is 2.76. The monoisotopic (exact) mass is 306 g/mol. The van der Waals surface area contributed by atoms with Gasteiger partial charge in [0, 0.05) is 10.7 Å². The number of amidine groups is 1. The van der Waals surface area contributed by atoms with Crippen LogP contribution in [0, 0.1) is 0 Å². The van der Waals surface area contributed by atoms with Crippen LogP contribution in [0.1, 0.15) is 26.3 Å². The summed E-state index contributed by atoms with van der Waals surface area (Å²) < 4.78 is 0. The first kappa shape index (κ1) is 15.2. The molecule has 0 fully saturated rings. The van der Waals surface area contributed by atoms with E-state index in [1.54, 1.807) is 11.8 Å². The highest BCUT2D eigenvalue weighted by Crippen LogP contribution is 2.22. The van der Waals surface area contributed by atoms with Crippen molar-refractivity contribution in [3.8, 4) is 0 Å². The van der Waals surface area contributed by atoms with Gasteiger partial charge in [-0.05, 0) is 49.4 Å². The zero-order valence-corrected chi connectivity index (χ0v) is 13.6. The molecule has 0 bridgehead atoms. The molecule has 0 atom stereocenters. The van der Waals surface area contributed by atoms with Crippen molar-refractivity contribution in [2.75, 3.05) is 5.75 Å². The molecule has 0 saturated carbocycles.